The number of benzene rings is 1. The Hall–Kier alpha value is -1.42. The average molecular weight is 279 g/mol. The van der Waals surface area contributed by atoms with Crippen molar-refractivity contribution in [3.05, 3.63) is 35.4 Å². The van der Waals surface area contributed by atoms with Crippen molar-refractivity contribution >= 4 is 10.0 Å². The van der Waals surface area contributed by atoms with Gasteiger partial charge in [0.05, 0.1) is 17.4 Å². The van der Waals surface area contributed by atoms with Crippen LogP contribution in [-0.2, 0) is 15.8 Å². The Morgan fingerprint density at radius 3 is 2.89 bits per heavy atom. The van der Waals surface area contributed by atoms with E-state index in [1.54, 1.807) is 24.3 Å². The lowest BCUT2D eigenvalue weighted by molar-refractivity contribution is 0.458. The van der Waals surface area contributed by atoms with Crippen LogP contribution in [-0.4, -0.2) is 32.4 Å². The fraction of sp³-hybridized carbons (Fsp3) is 0.462. The predicted octanol–water partition coefficient (Wildman–Crippen LogP) is 0.669. The molecule has 6 heteroatoms. The van der Waals surface area contributed by atoms with Crippen LogP contribution >= 0.6 is 0 Å². The van der Waals surface area contributed by atoms with Crippen molar-refractivity contribution in [2.45, 2.75) is 12.2 Å². The summed E-state index contributed by atoms with van der Waals surface area (Å²) >= 11 is 0. The minimum Gasteiger partial charge on any atom is -0.330 e. The van der Waals surface area contributed by atoms with E-state index in [2.05, 4.69) is 0 Å². The summed E-state index contributed by atoms with van der Waals surface area (Å²) in [5.74, 6) is 0.208. The maximum Gasteiger partial charge on any atom is 0.218 e. The first kappa shape index (κ1) is 14.0. The normalized spacial score (nSPS) is 20.3. The lowest BCUT2D eigenvalue weighted by Crippen LogP contribution is -2.31. The van der Waals surface area contributed by atoms with Crippen LogP contribution in [0.5, 0.6) is 0 Å². The molecule has 1 aromatic carbocycles. The highest BCUT2D eigenvalue weighted by atomic mass is 32.2. The third-order valence-electron chi connectivity index (χ3n) is 3.38. The van der Waals surface area contributed by atoms with Gasteiger partial charge in [-0.1, -0.05) is 12.1 Å². The van der Waals surface area contributed by atoms with Gasteiger partial charge in [-0.05, 0) is 36.6 Å². The molecule has 1 fully saturated rings. The quantitative estimate of drug-likeness (QED) is 0.877. The minimum absolute atomic E-state index is 0.0557. The molecule has 0 aromatic heterocycles. The smallest absolute Gasteiger partial charge is 0.218 e. The first-order valence-electron chi connectivity index (χ1n) is 6.22. The molecule has 1 heterocycles. The molecule has 0 spiro atoms. The number of nitriles is 1. The summed E-state index contributed by atoms with van der Waals surface area (Å²) in [6, 6.07) is 8.73. The zero-order chi connectivity index (χ0) is 13.9. The summed E-state index contributed by atoms with van der Waals surface area (Å²) in [7, 11) is -3.31. The van der Waals surface area contributed by atoms with Gasteiger partial charge in [0.2, 0.25) is 10.0 Å². The Kier molecular flexibility index (Phi) is 4.20. The zero-order valence-corrected chi connectivity index (χ0v) is 11.4. The van der Waals surface area contributed by atoms with Crippen LogP contribution < -0.4 is 5.73 Å². The van der Waals surface area contributed by atoms with Gasteiger partial charge in [-0.25, -0.2) is 12.7 Å². The second-order valence-electron chi connectivity index (χ2n) is 4.82. The van der Waals surface area contributed by atoms with Crippen molar-refractivity contribution in [2.24, 2.45) is 11.7 Å². The topological polar surface area (TPSA) is 87.2 Å². The molecule has 1 aliphatic rings. The molecule has 0 saturated carbocycles. The van der Waals surface area contributed by atoms with Crippen molar-refractivity contribution in [1.29, 1.82) is 5.26 Å². The fourth-order valence-corrected chi connectivity index (χ4v) is 3.88. The fourth-order valence-electron chi connectivity index (χ4n) is 2.27. The Morgan fingerprint density at radius 2 is 2.26 bits per heavy atom. The zero-order valence-electron chi connectivity index (χ0n) is 10.6. The van der Waals surface area contributed by atoms with Gasteiger partial charge < -0.3 is 5.73 Å². The molecule has 2 N–H and O–H groups in total. The number of rotatable bonds is 4. The first-order valence-corrected chi connectivity index (χ1v) is 7.83. The molecule has 1 saturated heterocycles. The average Bonchev–Trinajstić information content (AvgIpc) is 2.88. The van der Waals surface area contributed by atoms with E-state index >= 15 is 0 Å². The highest BCUT2D eigenvalue weighted by Gasteiger charge is 2.30. The molecule has 2 rings (SSSR count). The van der Waals surface area contributed by atoms with E-state index in [9.17, 15) is 8.42 Å². The van der Waals surface area contributed by atoms with E-state index < -0.39 is 10.0 Å². The number of sulfonamides is 1. The molecule has 0 bridgehead atoms. The van der Waals surface area contributed by atoms with Gasteiger partial charge in [0, 0.05) is 13.1 Å². The summed E-state index contributed by atoms with van der Waals surface area (Å²) < 4.78 is 26.0. The summed E-state index contributed by atoms with van der Waals surface area (Å²) in [6.45, 7) is 1.58. The van der Waals surface area contributed by atoms with E-state index in [1.807, 2.05) is 6.07 Å². The second kappa shape index (κ2) is 5.70. The number of nitrogens with zero attached hydrogens (tertiary/aromatic N) is 2. The standard InChI is InChI=1S/C13H17N3O2S/c14-7-11-2-1-3-12(6-11)10-19(17,18)16-5-4-13(8-15)9-16/h1-3,6,13H,4-5,8-10,15H2/t13-/m0/s1. The second-order valence-corrected chi connectivity index (χ2v) is 6.79. The summed E-state index contributed by atoms with van der Waals surface area (Å²) in [5, 5.41) is 8.81. The van der Waals surface area contributed by atoms with Crippen molar-refractivity contribution in [2.75, 3.05) is 19.6 Å². The maximum atomic E-state index is 12.3. The SMILES string of the molecule is N#Cc1cccc(CS(=O)(=O)N2CC[C@@H](CN)C2)c1. The molecule has 0 amide bonds. The van der Waals surface area contributed by atoms with Crippen LogP contribution in [0.4, 0.5) is 0 Å². The Labute approximate surface area is 113 Å². The van der Waals surface area contributed by atoms with E-state index in [4.69, 9.17) is 11.0 Å². The lowest BCUT2D eigenvalue weighted by atomic mass is 10.1. The van der Waals surface area contributed by atoms with Gasteiger partial charge in [0.25, 0.3) is 0 Å². The van der Waals surface area contributed by atoms with Gasteiger partial charge in [-0.2, -0.15) is 5.26 Å². The van der Waals surface area contributed by atoms with Crippen LogP contribution in [0, 0.1) is 17.2 Å². The predicted molar refractivity (Wildman–Crippen MR) is 72.5 cm³/mol. The summed E-state index contributed by atoms with van der Waals surface area (Å²) in [4.78, 5) is 0. The van der Waals surface area contributed by atoms with Gasteiger partial charge in [-0.15, -0.1) is 0 Å². The van der Waals surface area contributed by atoms with Gasteiger partial charge in [-0.3, -0.25) is 0 Å². The molecular weight excluding hydrogens is 262 g/mol. The van der Waals surface area contributed by atoms with Crippen LogP contribution in [0.15, 0.2) is 24.3 Å². The maximum absolute atomic E-state index is 12.3. The van der Waals surface area contributed by atoms with Gasteiger partial charge >= 0.3 is 0 Å². The molecular formula is C13H17N3O2S. The van der Waals surface area contributed by atoms with Crippen LogP contribution in [0.1, 0.15) is 17.5 Å². The van der Waals surface area contributed by atoms with Gasteiger partial charge in [0.1, 0.15) is 0 Å². The van der Waals surface area contributed by atoms with E-state index in [0.29, 0.717) is 30.8 Å². The van der Waals surface area contributed by atoms with Crippen LogP contribution in [0.25, 0.3) is 0 Å². The molecule has 5 nitrogen and oxygen atoms in total. The van der Waals surface area contributed by atoms with Crippen molar-refractivity contribution in [3.63, 3.8) is 0 Å². The largest absolute Gasteiger partial charge is 0.330 e. The summed E-state index contributed by atoms with van der Waals surface area (Å²) in [6.07, 6.45) is 0.827. The molecule has 102 valence electrons. The Balaban J connectivity index is 2.11. The summed E-state index contributed by atoms with van der Waals surface area (Å²) in [5.41, 5.74) is 6.70. The Bertz CT molecular complexity index is 592. The van der Waals surface area contributed by atoms with Gasteiger partial charge in [0.15, 0.2) is 0 Å². The number of hydrogen-bond acceptors (Lipinski definition) is 4. The molecule has 1 aliphatic heterocycles. The first-order chi connectivity index (χ1) is 9.05. The third kappa shape index (κ3) is 3.32. The van der Waals surface area contributed by atoms with Crippen LogP contribution in [0.2, 0.25) is 0 Å². The Morgan fingerprint density at radius 1 is 1.47 bits per heavy atom. The molecule has 1 aromatic rings. The molecule has 0 radical (unpaired) electrons. The molecule has 1 atom stereocenters. The molecule has 0 unspecified atom stereocenters. The van der Waals surface area contributed by atoms with E-state index in [1.165, 1.54) is 4.31 Å². The highest BCUT2D eigenvalue weighted by Crippen LogP contribution is 2.21. The minimum atomic E-state index is -3.31. The number of nitrogens with two attached hydrogens (primary N) is 1. The molecule has 19 heavy (non-hydrogen) atoms. The van der Waals surface area contributed by atoms with E-state index in [0.717, 1.165) is 6.42 Å². The van der Waals surface area contributed by atoms with Crippen molar-refractivity contribution < 1.29 is 8.42 Å². The molecule has 0 aliphatic carbocycles. The van der Waals surface area contributed by atoms with Crippen molar-refractivity contribution in [3.8, 4) is 6.07 Å². The highest BCUT2D eigenvalue weighted by molar-refractivity contribution is 7.88. The monoisotopic (exact) mass is 279 g/mol. The van der Waals surface area contributed by atoms with E-state index in [-0.39, 0.29) is 11.7 Å². The third-order valence-corrected chi connectivity index (χ3v) is 5.20. The van der Waals surface area contributed by atoms with Crippen LogP contribution in [0.3, 0.4) is 0 Å². The van der Waals surface area contributed by atoms with Crippen molar-refractivity contribution in [1.82, 2.24) is 4.31 Å². The number of hydrogen-bond donors (Lipinski definition) is 1. The lowest BCUT2D eigenvalue weighted by Gasteiger charge is -2.16.